The highest BCUT2D eigenvalue weighted by atomic mass is 35.5. The van der Waals surface area contributed by atoms with Crippen molar-refractivity contribution < 1.29 is 28.7 Å². The Morgan fingerprint density at radius 2 is 1.76 bits per heavy atom. The molecular formula is C12H24ClN3O5. The maximum absolute atomic E-state index is 11.7. The van der Waals surface area contributed by atoms with Crippen LogP contribution in [0, 0.1) is 0 Å². The lowest BCUT2D eigenvalue weighted by molar-refractivity contribution is -0.873. The van der Waals surface area contributed by atoms with Crippen LogP contribution in [0.2, 0.25) is 0 Å². The van der Waals surface area contributed by atoms with Gasteiger partial charge in [0.2, 0.25) is 5.91 Å². The molecule has 21 heavy (non-hydrogen) atoms. The van der Waals surface area contributed by atoms with E-state index < -0.39 is 36.4 Å². The van der Waals surface area contributed by atoms with Crippen LogP contribution < -0.4 is 16.6 Å². The molecule has 0 radical (unpaired) electrons. The number of quaternary nitrogens is 1. The van der Waals surface area contributed by atoms with Crippen molar-refractivity contribution in [3.8, 4) is 0 Å². The van der Waals surface area contributed by atoms with E-state index in [0.29, 0.717) is 11.0 Å². The number of ether oxygens (including phenoxy) is 1. The number of nitrogens with two attached hydrogens (primary N) is 2. The molecule has 0 heterocycles. The van der Waals surface area contributed by atoms with E-state index in [4.69, 9.17) is 16.2 Å². The average molecular weight is 326 g/mol. The molecule has 0 aliphatic heterocycles. The summed E-state index contributed by atoms with van der Waals surface area (Å²) in [5.74, 6) is -2.61. The van der Waals surface area contributed by atoms with Crippen LogP contribution in [-0.4, -0.2) is 62.2 Å². The van der Waals surface area contributed by atoms with Crippen LogP contribution in [0.25, 0.3) is 0 Å². The van der Waals surface area contributed by atoms with E-state index in [1.54, 1.807) is 0 Å². The molecule has 0 unspecified atom stereocenters. The third-order valence-corrected chi connectivity index (χ3v) is 2.43. The maximum Gasteiger partial charge on any atom is 0.323 e. The summed E-state index contributed by atoms with van der Waals surface area (Å²) in [5.41, 5.74) is 10.5. The van der Waals surface area contributed by atoms with Gasteiger partial charge in [-0.2, -0.15) is 0 Å². The van der Waals surface area contributed by atoms with E-state index in [-0.39, 0.29) is 25.2 Å². The van der Waals surface area contributed by atoms with Gasteiger partial charge in [0.1, 0.15) is 12.6 Å². The lowest BCUT2D eigenvalue weighted by Crippen LogP contribution is -2.47. The second-order valence-corrected chi connectivity index (χ2v) is 5.72. The lowest BCUT2D eigenvalue weighted by Gasteiger charge is -2.29. The average Bonchev–Trinajstić information content (AvgIpc) is 2.21. The first kappa shape index (κ1) is 21.9. The van der Waals surface area contributed by atoms with Crippen molar-refractivity contribution in [2.24, 2.45) is 11.5 Å². The topological polar surface area (TPSA) is 136 Å². The first-order valence-corrected chi connectivity index (χ1v) is 6.26. The number of primary amides is 1. The molecule has 8 nitrogen and oxygen atoms in total. The van der Waals surface area contributed by atoms with E-state index in [9.17, 15) is 19.5 Å². The van der Waals surface area contributed by atoms with E-state index in [1.165, 1.54) is 0 Å². The molecule has 0 bridgehead atoms. The number of carbonyl (C=O) groups is 3. The van der Waals surface area contributed by atoms with Gasteiger partial charge in [0.05, 0.1) is 21.1 Å². The highest BCUT2D eigenvalue weighted by Crippen LogP contribution is 2.07. The summed E-state index contributed by atoms with van der Waals surface area (Å²) >= 11 is 0. The maximum atomic E-state index is 11.7. The van der Waals surface area contributed by atoms with Gasteiger partial charge >= 0.3 is 5.97 Å². The third kappa shape index (κ3) is 12.1. The largest absolute Gasteiger partial charge is 0.550 e. The minimum atomic E-state index is -1.30. The van der Waals surface area contributed by atoms with Gasteiger partial charge < -0.3 is 30.6 Å². The number of amides is 1. The number of hydrogen-bond acceptors (Lipinski definition) is 6. The summed E-state index contributed by atoms with van der Waals surface area (Å²) in [4.78, 5) is 33.0. The van der Waals surface area contributed by atoms with Crippen LogP contribution in [0.4, 0.5) is 0 Å². The van der Waals surface area contributed by atoms with E-state index in [0.717, 1.165) is 0 Å². The van der Waals surface area contributed by atoms with Crippen LogP contribution in [0.15, 0.2) is 0 Å². The molecule has 124 valence electrons. The fraction of sp³-hybridized carbons (Fsp3) is 0.750. The van der Waals surface area contributed by atoms with Gasteiger partial charge in [0, 0.05) is 18.8 Å². The SMILES string of the molecule is C[N+](C)(C)C[C@@H](CC(=O)[O-])OC(=O)[C@@H](N)CCC(N)=O.Cl. The van der Waals surface area contributed by atoms with Gasteiger partial charge in [-0.15, -0.1) is 12.4 Å². The summed E-state index contributed by atoms with van der Waals surface area (Å²) < 4.78 is 5.50. The van der Waals surface area contributed by atoms with Crippen molar-refractivity contribution >= 4 is 30.3 Å². The number of nitrogens with zero attached hydrogens (tertiary/aromatic N) is 1. The van der Waals surface area contributed by atoms with Gasteiger partial charge in [-0.1, -0.05) is 0 Å². The number of carboxylic acid groups (broad SMARTS) is 1. The Kier molecular flexibility index (Phi) is 9.95. The van der Waals surface area contributed by atoms with Gasteiger partial charge in [-0.25, -0.2) is 0 Å². The number of halogens is 1. The number of likely N-dealkylation sites (N-methyl/N-ethyl adjacent to an activating group) is 1. The Balaban J connectivity index is 0. The van der Waals surface area contributed by atoms with Crippen LogP contribution in [0.5, 0.6) is 0 Å². The molecule has 0 saturated heterocycles. The molecule has 1 amide bonds. The molecular weight excluding hydrogens is 302 g/mol. The highest BCUT2D eigenvalue weighted by Gasteiger charge is 2.25. The van der Waals surface area contributed by atoms with Crippen LogP contribution in [-0.2, 0) is 19.1 Å². The number of hydrogen-bond donors (Lipinski definition) is 2. The molecule has 4 N–H and O–H groups in total. The summed E-state index contributed by atoms with van der Waals surface area (Å²) in [6.45, 7) is 0.308. The van der Waals surface area contributed by atoms with Crippen molar-refractivity contribution in [1.82, 2.24) is 0 Å². The molecule has 0 spiro atoms. The van der Waals surface area contributed by atoms with Crippen LogP contribution in [0.3, 0.4) is 0 Å². The summed E-state index contributed by atoms with van der Waals surface area (Å²) in [5, 5.41) is 10.7. The zero-order valence-electron chi connectivity index (χ0n) is 12.5. The second kappa shape index (κ2) is 9.54. The molecule has 0 aliphatic carbocycles. The lowest BCUT2D eigenvalue weighted by atomic mass is 10.1. The molecule has 0 aliphatic rings. The molecule has 0 aromatic heterocycles. The quantitative estimate of drug-likeness (QED) is 0.363. The van der Waals surface area contributed by atoms with Gasteiger partial charge in [-0.3, -0.25) is 9.59 Å². The molecule has 0 rings (SSSR count). The highest BCUT2D eigenvalue weighted by molar-refractivity contribution is 5.85. The normalized spacial score (nSPS) is 13.7. The van der Waals surface area contributed by atoms with Crippen LogP contribution >= 0.6 is 12.4 Å². The number of aliphatic carboxylic acids is 1. The minimum absolute atomic E-state index is 0. The molecule has 9 heteroatoms. The number of carbonyl (C=O) groups excluding carboxylic acids is 3. The van der Waals surface area contributed by atoms with Crippen molar-refractivity contribution in [3.05, 3.63) is 0 Å². The Morgan fingerprint density at radius 3 is 2.14 bits per heavy atom. The van der Waals surface area contributed by atoms with E-state index >= 15 is 0 Å². The van der Waals surface area contributed by atoms with E-state index in [1.807, 2.05) is 21.1 Å². The fourth-order valence-electron chi connectivity index (χ4n) is 1.61. The Labute approximate surface area is 130 Å². The van der Waals surface area contributed by atoms with Crippen LogP contribution in [0.1, 0.15) is 19.3 Å². The zero-order chi connectivity index (χ0) is 15.9. The van der Waals surface area contributed by atoms with Crippen molar-refractivity contribution in [3.63, 3.8) is 0 Å². The summed E-state index contributed by atoms with van der Waals surface area (Å²) in [6.07, 6.45) is -1.19. The summed E-state index contributed by atoms with van der Waals surface area (Å²) in [6, 6.07) is -1.00. The van der Waals surface area contributed by atoms with Gasteiger partial charge in [-0.05, 0) is 6.42 Å². The smallest absolute Gasteiger partial charge is 0.323 e. The first-order chi connectivity index (χ1) is 9.01. The molecule has 0 aromatic rings. The monoisotopic (exact) mass is 325 g/mol. The van der Waals surface area contributed by atoms with Gasteiger partial charge in [0.25, 0.3) is 0 Å². The van der Waals surface area contributed by atoms with Crippen molar-refractivity contribution in [2.45, 2.75) is 31.4 Å². The second-order valence-electron chi connectivity index (χ2n) is 5.72. The van der Waals surface area contributed by atoms with Crippen molar-refractivity contribution in [2.75, 3.05) is 27.7 Å². The Bertz CT molecular complexity index is 370. The zero-order valence-corrected chi connectivity index (χ0v) is 13.4. The number of rotatable bonds is 9. The Morgan fingerprint density at radius 1 is 1.24 bits per heavy atom. The Hall–Kier alpha value is -1.38. The standard InChI is InChI=1S/C12H23N3O5.ClH/c1-15(2,3)7-8(6-11(17)18)20-12(19)9(13)4-5-10(14)16;/h8-9H,4-7,13H2,1-3H3,(H2-,14,16,17,18);1H/t8-,9+;/m1./s1. The van der Waals surface area contributed by atoms with Crippen molar-refractivity contribution in [1.29, 1.82) is 0 Å². The van der Waals surface area contributed by atoms with Gasteiger partial charge in [0.15, 0.2) is 6.10 Å². The molecule has 0 aromatic carbocycles. The first-order valence-electron chi connectivity index (χ1n) is 6.26. The number of esters is 1. The summed E-state index contributed by atoms with van der Waals surface area (Å²) in [7, 11) is 5.51. The molecule has 0 saturated carbocycles. The number of carboxylic acids is 1. The predicted octanol–water partition coefficient (Wildman–Crippen LogP) is -2.24. The van der Waals surface area contributed by atoms with E-state index in [2.05, 4.69) is 0 Å². The molecule has 0 fully saturated rings. The predicted molar refractivity (Wildman–Crippen MR) is 76.1 cm³/mol. The third-order valence-electron chi connectivity index (χ3n) is 2.43. The fourth-order valence-corrected chi connectivity index (χ4v) is 1.61. The molecule has 2 atom stereocenters. The minimum Gasteiger partial charge on any atom is -0.550 e.